The van der Waals surface area contributed by atoms with Crippen LogP contribution in [0.25, 0.3) is 0 Å². The summed E-state index contributed by atoms with van der Waals surface area (Å²) in [4.78, 5) is 35.7. The molecule has 14 heavy (non-hydrogen) atoms. The third-order valence-corrected chi connectivity index (χ3v) is 0.333. The van der Waals surface area contributed by atoms with Gasteiger partial charge in [0.05, 0.1) is 23.9 Å². The Bertz CT molecular complexity index is 175. The van der Waals surface area contributed by atoms with Crippen LogP contribution in [0, 0.1) is 0 Å². The van der Waals surface area contributed by atoms with Gasteiger partial charge in [0.2, 0.25) is 0 Å². The molecule has 0 aromatic heterocycles. The number of carboxylic acids is 4. The zero-order valence-electron chi connectivity index (χ0n) is 5.90. The summed E-state index contributed by atoms with van der Waals surface area (Å²) < 4.78 is 0. The van der Waals surface area contributed by atoms with Crippen molar-refractivity contribution in [1.29, 1.82) is 0 Å². The van der Waals surface area contributed by atoms with Gasteiger partial charge in [-0.3, -0.25) is 0 Å². The van der Waals surface area contributed by atoms with Gasteiger partial charge in [0.15, 0.2) is 0 Å². The molecule has 0 spiro atoms. The summed E-state index contributed by atoms with van der Waals surface area (Å²) in [6.45, 7) is 0. The van der Waals surface area contributed by atoms with E-state index in [1.54, 1.807) is 0 Å². The second kappa shape index (κ2) is 11.9. The van der Waals surface area contributed by atoms with Crippen LogP contribution in [-0.4, -0.2) is 23.9 Å². The number of hydrogen-bond acceptors (Lipinski definition) is 8. The summed E-state index contributed by atoms with van der Waals surface area (Å²) in [7, 11) is 0. The Morgan fingerprint density at radius 1 is 0.500 bits per heavy atom. The van der Waals surface area contributed by atoms with Gasteiger partial charge in [-0.1, -0.05) is 0 Å². The van der Waals surface area contributed by atoms with Gasteiger partial charge < -0.3 is 39.6 Å². The van der Waals surface area contributed by atoms with E-state index in [2.05, 4.69) is 0 Å². The number of rotatable bonds is 0. The second-order valence-corrected chi connectivity index (χ2v) is 1.15. The molecule has 0 radical (unpaired) electrons. The summed E-state index contributed by atoms with van der Waals surface area (Å²) in [6.07, 6.45) is 0. The Kier molecular flexibility index (Phi) is 19.5. The predicted octanol–water partition coefficient (Wildman–Crippen LogP) is -7.03. The molecule has 0 atom stereocenters. The summed E-state index contributed by atoms with van der Waals surface area (Å²) in [6, 6.07) is 0. The minimum absolute atomic E-state index is 0. The Morgan fingerprint density at radius 2 is 0.571 bits per heavy atom. The van der Waals surface area contributed by atoms with Crippen molar-refractivity contribution in [1.82, 2.24) is 0 Å². The first-order chi connectivity index (χ1) is 5.29. The predicted molar refractivity (Wildman–Crippen MR) is 20.0 cm³/mol. The minimum atomic E-state index is -2.19. The fourth-order valence-corrected chi connectivity index (χ4v) is 0. The Morgan fingerprint density at radius 3 is 0.571 bits per heavy atom. The van der Waals surface area contributed by atoms with Crippen molar-refractivity contribution in [2.75, 3.05) is 0 Å². The molecule has 0 heterocycles. The zero-order valence-corrected chi connectivity index (χ0v) is 7.87. The van der Waals surface area contributed by atoms with Gasteiger partial charge in [0.1, 0.15) is 0 Å². The van der Waals surface area contributed by atoms with E-state index in [0.29, 0.717) is 0 Å². The van der Waals surface area contributed by atoms with E-state index in [0.717, 1.165) is 0 Å². The summed E-state index contributed by atoms with van der Waals surface area (Å²) in [5, 5.41) is 35.7. The topological polar surface area (TPSA) is 161 Å². The molecule has 0 unspecified atom stereocenters. The van der Waals surface area contributed by atoms with Gasteiger partial charge in [-0.2, -0.15) is 0 Å². The number of aliphatic carboxylic acids is 4. The standard InChI is InChI=1S/2C2H2O4.2Ni/c2*3-1(4)2(5)6;;/h2*(H,3,4)(H,5,6);;/q;;2*+2/p-4. The third-order valence-electron chi connectivity index (χ3n) is 0.333. The van der Waals surface area contributed by atoms with Crippen LogP contribution >= 0.6 is 0 Å². The molecule has 0 saturated heterocycles. The molecule has 0 N–H and O–H groups in total. The van der Waals surface area contributed by atoms with Crippen LogP contribution in [0.1, 0.15) is 0 Å². The number of hydrogen-bond donors (Lipinski definition) is 0. The van der Waals surface area contributed by atoms with Crippen molar-refractivity contribution in [2.45, 2.75) is 0 Å². The molecule has 0 bridgehead atoms. The van der Waals surface area contributed by atoms with E-state index in [4.69, 9.17) is 39.6 Å². The maximum Gasteiger partial charge on any atom is 2.00 e. The summed E-state index contributed by atoms with van der Waals surface area (Å²) in [5.41, 5.74) is 0. The van der Waals surface area contributed by atoms with Crippen LogP contribution in [0.15, 0.2) is 0 Å². The molecule has 10 heteroatoms. The van der Waals surface area contributed by atoms with Gasteiger partial charge in [0.25, 0.3) is 0 Å². The van der Waals surface area contributed by atoms with Crippen LogP contribution in [-0.2, 0) is 52.2 Å². The first-order valence-electron chi connectivity index (χ1n) is 2.13. The van der Waals surface area contributed by atoms with Gasteiger partial charge in [-0.05, 0) is 0 Å². The Hall–Kier alpha value is -1.13. The van der Waals surface area contributed by atoms with Crippen molar-refractivity contribution in [3.05, 3.63) is 0 Å². The molecule has 0 aromatic carbocycles. The normalized spacial score (nSPS) is 6.29. The smallest absolute Gasteiger partial charge is 0.543 e. The molecule has 0 fully saturated rings. The second-order valence-electron chi connectivity index (χ2n) is 1.15. The molecule has 0 aliphatic carbocycles. The maximum atomic E-state index is 8.93. The molecule has 0 rings (SSSR count). The van der Waals surface area contributed by atoms with Gasteiger partial charge in [-0.25, -0.2) is 0 Å². The van der Waals surface area contributed by atoms with E-state index in [1.165, 1.54) is 0 Å². The molecule has 0 aromatic rings. The van der Waals surface area contributed by atoms with Crippen molar-refractivity contribution in [2.24, 2.45) is 0 Å². The molecule has 0 aliphatic rings. The van der Waals surface area contributed by atoms with Crippen molar-refractivity contribution < 1.29 is 72.6 Å². The van der Waals surface area contributed by atoms with Crippen LogP contribution in [0.4, 0.5) is 0 Å². The van der Waals surface area contributed by atoms with Gasteiger partial charge in [0, 0.05) is 0 Å². The molecule has 0 amide bonds. The molecular weight excluding hydrogens is 293 g/mol. The van der Waals surface area contributed by atoms with Gasteiger partial charge in [-0.15, -0.1) is 0 Å². The number of carbonyl (C=O) groups is 4. The monoisotopic (exact) mass is 292 g/mol. The quantitative estimate of drug-likeness (QED) is 0.314. The van der Waals surface area contributed by atoms with E-state index < -0.39 is 23.9 Å². The fraction of sp³-hybridized carbons (Fsp3) is 0. The van der Waals surface area contributed by atoms with Gasteiger partial charge >= 0.3 is 33.0 Å². The Labute approximate surface area is 96.8 Å². The molecule has 84 valence electrons. The van der Waals surface area contributed by atoms with Crippen molar-refractivity contribution >= 4 is 23.9 Å². The van der Waals surface area contributed by atoms with Crippen molar-refractivity contribution in [3.8, 4) is 0 Å². The largest absolute Gasteiger partial charge is 2.00 e. The summed E-state index contributed by atoms with van der Waals surface area (Å²) >= 11 is 0. The summed E-state index contributed by atoms with van der Waals surface area (Å²) in [5.74, 6) is -8.74. The van der Waals surface area contributed by atoms with E-state index in [1.807, 2.05) is 0 Å². The van der Waals surface area contributed by atoms with Crippen LogP contribution in [0.3, 0.4) is 0 Å². The van der Waals surface area contributed by atoms with Crippen LogP contribution in [0.2, 0.25) is 0 Å². The average Bonchev–Trinajstić information content (AvgIpc) is 1.88. The SMILES string of the molecule is O=C([O-])C(=O)[O-].O=C([O-])C(=O)[O-].[Ni+2].[Ni+2]. The molecular formula is C4Ni2O8. The van der Waals surface area contributed by atoms with Crippen LogP contribution < -0.4 is 20.4 Å². The zero-order chi connectivity index (χ0) is 10.3. The van der Waals surface area contributed by atoms with Crippen molar-refractivity contribution in [3.63, 3.8) is 0 Å². The average molecular weight is 293 g/mol. The van der Waals surface area contributed by atoms with Crippen LogP contribution in [0.5, 0.6) is 0 Å². The number of carbonyl (C=O) groups excluding carboxylic acids is 4. The first kappa shape index (κ1) is 23.0. The Balaban J connectivity index is -0.0000000625. The third kappa shape index (κ3) is 22.4. The maximum absolute atomic E-state index is 8.93. The van der Waals surface area contributed by atoms with E-state index in [-0.39, 0.29) is 33.0 Å². The van der Waals surface area contributed by atoms with E-state index >= 15 is 0 Å². The van der Waals surface area contributed by atoms with E-state index in [9.17, 15) is 0 Å². The first-order valence-corrected chi connectivity index (χ1v) is 2.13. The molecule has 0 aliphatic heterocycles. The fourth-order valence-electron chi connectivity index (χ4n) is 0. The molecule has 8 nitrogen and oxygen atoms in total. The minimum Gasteiger partial charge on any atom is -0.543 e. The molecule has 0 saturated carbocycles. The number of carboxylic acid groups (broad SMARTS) is 4.